The summed E-state index contributed by atoms with van der Waals surface area (Å²) >= 11 is 0. The third kappa shape index (κ3) is 5.68. The number of esters is 1. The standard InChI is InChI=1S/C22H30N4O4/c1-13-19(15(3)26(7)25-13)24-18(27)12-30-21(29)14(2)23-20(28)16-8-10-17(11-9-16)22(4,5)6/h8-11,14H,12H2,1-7H3,(H,23,28)(H,24,27)/t14-/m0/s1. The minimum atomic E-state index is -0.894. The number of ether oxygens (including phenoxy) is 1. The number of rotatable bonds is 6. The van der Waals surface area contributed by atoms with Crippen LogP contribution in [0.3, 0.4) is 0 Å². The Balaban J connectivity index is 1.86. The normalized spacial score (nSPS) is 12.2. The van der Waals surface area contributed by atoms with E-state index in [0.717, 1.165) is 11.3 Å². The van der Waals surface area contributed by atoms with E-state index in [2.05, 4.69) is 36.5 Å². The Morgan fingerprint density at radius 2 is 1.73 bits per heavy atom. The zero-order chi connectivity index (χ0) is 22.6. The van der Waals surface area contributed by atoms with Gasteiger partial charge in [0.25, 0.3) is 11.8 Å². The maximum Gasteiger partial charge on any atom is 0.328 e. The summed E-state index contributed by atoms with van der Waals surface area (Å²) in [6.45, 7) is 10.9. The van der Waals surface area contributed by atoms with E-state index in [0.29, 0.717) is 16.9 Å². The van der Waals surface area contributed by atoms with Crippen LogP contribution in [0.1, 0.15) is 55.0 Å². The quantitative estimate of drug-likeness (QED) is 0.708. The van der Waals surface area contributed by atoms with E-state index in [9.17, 15) is 14.4 Å². The molecule has 0 radical (unpaired) electrons. The number of aromatic nitrogens is 2. The number of carbonyl (C=O) groups excluding carboxylic acids is 3. The summed E-state index contributed by atoms with van der Waals surface area (Å²) in [6, 6.07) is 6.34. The van der Waals surface area contributed by atoms with E-state index in [1.165, 1.54) is 6.92 Å². The van der Waals surface area contributed by atoms with Gasteiger partial charge >= 0.3 is 5.97 Å². The highest BCUT2D eigenvalue weighted by molar-refractivity contribution is 5.97. The molecule has 0 bridgehead atoms. The van der Waals surface area contributed by atoms with Gasteiger partial charge in [-0.1, -0.05) is 32.9 Å². The van der Waals surface area contributed by atoms with Crippen molar-refractivity contribution in [1.29, 1.82) is 0 Å². The average molecular weight is 415 g/mol. The van der Waals surface area contributed by atoms with Crippen molar-refractivity contribution < 1.29 is 19.1 Å². The number of nitrogens with zero attached hydrogens (tertiary/aromatic N) is 2. The largest absolute Gasteiger partial charge is 0.454 e. The van der Waals surface area contributed by atoms with Crippen molar-refractivity contribution in [3.8, 4) is 0 Å². The van der Waals surface area contributed by atoms with Gasteiger partial charge in [0, 0.05) is 12.6 Å². The van der Waals surface area contributed by atoms with Crippen molar-refractivity contribution >= 4 is 23.5 Å². The van der Waals surface area contributed by atoms with Crippen LogP contribution in [0.4, 0.5) is 5.69 Å². The molecule has 2 N–H and O–H groups in total. The molecule has 1 aromatic carbocycles. The van der Waals surface area contributed by atoms with Gasteiger partial charge in [-0.25, -0.2) is 4.79 Å². The molecule has 2 amide bonds. The van der Waals surface area contributed by atoms with Crippen molar-refractivity contribution in [2.24, 2.45) is 7.05 Å². The summed E-state index contributed by atoms with van der Waals surface area (Å²) in [4.78, 5) is 36.6. The number of aryl methyl sites for hydroxylation is 2. The molecular weight excluding hydrogens is 384 g/mol. The Morgan fingerprint density at radius 1 is 1.13 bits per heavy atom. The molecule has 162 valence electrons. The van der Waals surface area contributed by atoms with Gasteiger partial charge in [-0.15, -0.1) is 0 Å². The molecule has 2 rings (SSSR count). The van der Waals surface area contributed by atoms with E-state index in [1.807, 2.05) is 19.1 Å². The minimum Gasteiger partial charge on any atom is -0.454 e. The fraction of sp³-hybridized carbons (Fsp3) is 0.455. The lowest BCUT2D eigenvalue weighted by molar-refractivity contribution is -0.148. The molecule has 8 heteroatoms. The van der Waals surface area contributed by atoms with Crippen molar-refractivity contribution in [1.82, 2.24) is 15.1 Å². The van der Waals surface area contributed by atoms with Gasteiger partial charge < -0.3 is 15.4 Å². The summed E-state index contributed by atoms with van der Waals surface area (Å²) in [6.07, 6.45) is 0. The zero-order valence-corrected chi connectivity index (χ0v) is 18.6. The first-order valence-electron chi connectivity index (χ1n) is 9.78. The molecule has 0 aliphatic rings. The van der Waals surface area contributed by atoms with Crippen molar-refractivity contribution in [2.75, 3.05) is 11.9 Å². The second kappa shape index (κ2) is 9.11. The number of nitrogens with one attached hydrogen (secondary N) is 2. The van der Waals surface area contributed by atoms with Crippen LogP contribution in [0, 0.1) is 13.8 Å². The van der Waals surface area contributed by atoms with Crippen LogP contribution in [0.2, 0.25) is 0 Å². The number of hydrogen-bond donors (Lipinski definition) is 2. The summed E-state index contributed by atoms with van der Waals surface area (Å²) in [7, 11) is 1.78. The molecule has 0 saturated heterocycles. The van der Waals surface area contributed by atoms with Gasteiger partial charge in [0.05, 0.1) is 17.1 Å². The molecule has 8 nitrogen and oxygen atoms in total. The Bertz CT molecular complexity index is 939. The molecule has 1 atom stereocenters. The number of amides is 2. The van der Waals surface area contributed by atoms with Crippen LogP contribution in [-0.4, -0.2) is 40.2 Å². The highest BCUT2D eigenvalue weighted by Crippen LogP contribution is 2.22. The summed E-state index contributed by atoms with van der Waals surface area (Å²) in [5, 5.41) is 9.50. The predicted octanol–water partition coefficient (Wildman–Crippen LogP) is 2.63. The molecule has 0 spiro atoms. The van der Waals surface area contributed by atoms with Crippen LogP contribution < -0.4 is 10.6 Å². The Kier molecular flexibility index (Phi) is 7.02. The third-order valence-electron chi connectivity index (χ3n) is 4.83. The molecular formula is C22H30N4O4. The van der Waals surface area contributed by atoms with E-state index in [4.69, 9.17) is 4.74 Å². The fourth-order valence-corrected chi connectivity index (χ4v) is 2.85. The average Bonchev–Trinajstić information content (AvgIpc) is 2.91. The molecule has 0 fully saturated rings. The van der Waals surface area contributed by atoms with E-state index < -0.39 is 24.5 Å². The zero-order valence-electron chi connectivity index (χ0n) is 18.6. The van der Waals surface area contributed by atoms with Crippen LogP contribution >= 0.6 is 0 Å². The van der Waals surface area contributed by atoms with Crippen molar-refractivity contribution in [3.05, 3.63) is 46.8 Å². The lowest BCUT2D eigenvalue weighted by atomic mass is 9.86. The van der Waals surface area contributed by atoms with Crippen LogP contribution in [0.25, 0.3) is 0 Å². The van der Waals surface area contributed by atoms with Gasteiger partial charge in [-0.2, -0.15) is 5.10 Å². The maximum absolute atomic E-state index is 12.4. The van der Waals surface area contributed by atoms with Gasteiger partial charge in [0.1, 0.15) is 6.04 Å². The molecule has 1 heterocycles. The second-order valence-electron chi connectivity index (χ2n) is 8.35. The Morgan fingerprint density at radius 3 is 2.23 bits per heavy atom. The highest BCUT2D eigenvalue weighted by Gasteiger charge is 2.21. The van der Waals surface area contributed by atoms with Crippen LogP contribution in [-0.2, 0) is 26.8 Å². The first-order valence-corrected chi connectivity index (χ1v) is 9.78. The fourth-order valence-electron chi connectivity index (χ4n) is 2.85. The van der Waals surface area contributed by atoms with E-state index in [1.54, 1.807) is 30.8 Å². The molecule has 0 saturated carbocycles. The van der Waals surface area contributed by atoms with Crippen LogP contribution in [0.15, 0.2) is 24.3 Å². The molecule has 0 unspecified atom stereocenters. The van der Waals surface area contributed by atoms with E-state index >= 15 is 0 Å². The van der Waals surface area contributed by atoms with Gasteiger partial charge in [-0.3, -0.25) is 14.3 Å². The molecule has 0 aliphatic carbocycles. The smallest absolute Gasteiger partial charge is 0.328 e. The highest BCUT2D eigenvalue weighted by atomic mass is 16.5. The first kappa shape index (κ1) is 23.1. The summed E-state index contributed by atoms with van der Waals surface area (Å²) in [5.41, 5.74) is 3.61. The van der Waals surface area contributed by atoms with Gasteiger partial charge in [-0.05, 0) is 43.9 Å². The maximum atomic E-state index is 12.4. The number of anilines is 1. The van der Waals surface area contributed by atoms with E-state index in [-0.39, 0.29) is 11.3 Å². The summed E-state index contributed by atoms with van der Waals surface area (Å²) in [5.74, 6) is -1.55. The third-order valence-corrected chi connectivity index (χ3v) is 4.83. The number of carbonyl (C=O) groups is 3. The Hall–Kier alpha value is -3.16. The minimum absolute atomic E-state index is 0.0143. The lowest BCUT2D eigenvalue weighted by Gasteiger charge is -2.19. The summed E-state index contributed by atoms with van der Waals surface area (Å²) < 4.78 is 6.69. The lowest BCUT2D eigenvalue weighted by Crippen LogP contribution is -2.40. The molecule has 0 aliphatic heterocycles. The van der Waals surface area contributed by atoms with Crippen molar-refractivity contribution in [2.45, 2.75) is 53.0 Å². The van der Waals surface area contributed by atoms with Crippen molar-refractivity contribution in [3.63, 3.8) is 0 Å². The SMILES string of the molecule is Cc1nn(C)c(C)c1NC(=O)COC(=O)[C@H](C)NC(=O)c1ccc(C(C)(C)C)cc1. The predicted molar refractivity (Wildman–Crippen MR) is 114 cm³/mol. The second-order valence-corrected chi connectivity index (χ2v) is 8.35. The van der Waals surface area contributed by atoms with Crippen LogP contribution in [0.5, 0.6) is 0 Å². The molecule has 30 heavy (non-hydrogen) atoms. The van der Waals surface area contributed by atoms with Gasteiger partial charge in [0.15, 0.2) is 6.61 Å². The molecule has 1 aromatic heterocycles. The number of benzene rings is 1. The molecule has 2 aromatic rings. The number of hydrogen-bond acceptors (Lipinski definition) is 5. The monoisotopic (exact) mass is 414 g/mol. The van der Waals surface area contributed by atoms with Gasteiger partial charge in [0.2, 0.25) is 0 Å². The topological polar surface area (TPSA) is 102 Å². The first-order chi connectivity index (χ1) is 13.9. The Labute approximate surface area is 177 Å².